The summed E-state index contributed by atoms with van der Waals surface area (Å²) >= 11 is 0. The van der Waals surface area contributed by atoms with Crippen LogP contribution in [-0.4, -0.2) is 20.6 Å². The molecule has 2 nitrogen and oxygen atoms in total. The summed E-state index contributed by atoms with van der Waals surface area (Å²) in [5.41, 5.74) is 1.37. The quantitative estimate of drug-likeness (QED) is 0.621. The van der Waals surface area contributed by atoms with Crippen LogP contribution in [0, 0.1) is 11.6 Å². The second kappa shape index (κ2) is 17.3. The molecular weight excluding hydrogens is 354 g/mol. The van der Waals surface area contributed by atoms with Crippen LogP contribution >= 0.6 is 0 Å². The van der Waals surface area contributed by atoms with Crippen molar-refractivity contribution in [3.8, 4) is 0 Å². The van der Waals surface area contributed by atoms with Gasteiger partial charge in [0.05, 0.1) is 0 Å². The first-order valence-electron chi connectivity index (χ1n) is 10.1. The Balaban J connectivity index is 0. The molecule has 2 rings (SSSR count). The van der Waals surface area contributed by atoms with Crippen LogP contribution in [0.2, 0.25) is 0 Å². The van der Waals surface area contributed by atoms with Crippen LogP contribution in [0.25, 0.3) is 0 Å². The topological polar surface area (TPSA) is 24.1 Å². The summed E-state index contributed by atoms with van der Waals surface area (Å²) in [6, 6.07) is 13.6. The molecule has 2 N–H and O–H groups in total. The van der Waals surface area contributed by atoms with E-state index in [4.69, 9.17) is 0 Å². The van der Waals surface area contributed by atoms with Crippen LogP contribution in [0.5, 0.6) is 0 Å². The van der Waals surface area contributed by atoms with E-state index in [1.165, 1.54) is 24.1 Å². The second-order valence-corrected chi connectivity index (χ2v) is 6.61. The molecule has 0 unspecified atom stereocenters. The third-order valence-corrected chi connectivity index (χ3v) is 3.46. The van der Waals surface area contributed by atoms with E-state index >= 15 is 0 Å². The fourth-order valence-electron chi connectivity index (χ4n) is 2.20. The van der Waals surface area contributed by atoms with Crippen molar-refractivity contribution in [3.05, 3.63) is 71.3 Å². The standard InChI is InChI=1S/C17H19F2N.C3H8.C2H7N.C2H6/c1-17(2,14-6-4-3-5-7-14)20-11-10-13-12-15(18)8-9-16(13)19;2*1-3-2;1-2/h3-9,12,20H,10-11H2,1-2H3;3H2,1-2H3;3H,1-2H3;1-2H3. The number of halogens is 2. The summed E-state index contributed by atoms with van der Waals surface area (Å²) in [6.07, 6.45) is 1.71. The molecule has 2 aromatic carbocycles. The lowest BCUT2D eigenvalue weighted by Crippen LogP contribution is -2.37. The molecule has 4 heteroatoms. The van der Waals surface area contributed by atoms with Gasteiger partial charge in [0.2, 0.25) is 0 Å². The van der Waals surface area contributed by atoms with Crippen LogP contribution in [0.1, 0.15) is 59.1 Å². The maximum Gasteiger partial charge on any atom is 0.126 e. The van der Waals surface area contributed by atoms with E-state index in [1.54, 1.807) is 0 Å². The van der Waals surface area contributed by atoms with Gasteiger partial charge in [-0.15, -0.1) is 0 Å². The third-order valence-electron chi connectivity index (χ3n) is 3.46. The molecule has 28 heavy (non-hydrogen) atoms. The average molecular weight is 395 g/mol. The molecule has 0 radical (unpaired) electrons. The van der Waals surface area contributed by atoms with Gasteiger partial charge in [-0.05, 0) is 63.7 Å². The zero-order valence-corrected chi connectivity index (χ0v) is 19.0. The fourth-order valence-corrected chi connectivity index (χ4v) is 2.20. The first kappa shape index (κ1) is 28.4. The molecule has 0 atom stereocenters. The molecule has 0 bridgehead atoms. The van der Waals surface area contributed by atoms with Gasteiger partial charge in [-0.25, -0.2) is 8.78 Å². The Morgan fingerprint density at radius 2 is 1.39 bits per heavy atom. The minimum absolute atomic E-state index is 0.203. The molecule has 0 aliphatic carbocycles. The van der Waals surface area contributed by atoms with E-state index in [0.29, 0.717) is 18.5 Å². The lowest BCUT2D eigenvalue weighted by atomic mass is 9.94. The highest BCUT2D eigenvalue weighted by Gasteiger charge is 2.18. The summed E-state index contributed by atoms with van der Waals surface area (Å²) in [5.74, 6) is -0.755. The van der Waals surface area contributed by atoms with Crippen LogP contribution in [0.15, 0.2) is 48.5 Å². The maximum atomic E-state index is 13.5. The molecular formula is C24H40F2N2. The van der Waals surface area contributed by atoms with Gasteiger partial charge in [-0.2, -0.15) is 0 Å². The summed E-state index contributed by atoms with van der Waals surface area (Å²) < 4.78 is 26.6. The summed E-state index contributed by atoms with van der Waals surface area (Å²) in [5, 5.41) is 6.13. The second-order valence-electron chi connectivity index (χ2n) is 6.61. The van der Waals surface area contributed by atoms with Crippen molar-refractivity contribution in [1.82, 2.24) is 10.6 Å². The highest BCUT2D eigenvalue weighted by molar-refractivity contribution is 5.23. The number of benzene rings is 2. The maximum absolute atomic E-state index is 13.5. The number of nitrogens with one attached hydrogen (secondary N) is 2. The van der Waals surface area contributed by atoms with E-state index in [0.717, 1.165) is 6.07 Å². The Morgan fingerprint density at radius 1 is 0.893 bits per heavy atom. The van der Waals surface area contributed by atoms with Gasteiger partial charge in [-0.1, -0.05) is 64.4 Å². The Hall–Kier alpha value is -1.78. The largest absolute Gasteiger partial charge is 0.323 e. The van der Waals surface area contributed by atoms with Crippen molar-refractivity contribution >= 4 is 0 Å². The molecule has 0 aliphatic heterocycles. The highest BCUT2D eigenvalue weighted by Crippen LogP contribution is 2.19. The van der Waals surface area contributed by atoms with E-state index in [-0.39, 0.29) is 11.4 Å². The molecule has 0 aliphatic rings. The van der Waals surface area contributed by atoms with Crippen molar-refractivity contribution in [2.75, 3.05) is 20.6 Å². The summed E-state index contributed by atoms with van der Waals surface area (Å²) in [6.45, 7) is 13.0. The first-order chi connectivity index (χ1) is 13.3. The summed E-state index contributed by atoms with van der Waals surface area (Å²) in [4.78, 5) is 0. The zero-order chi connectivity index (χ0) is 22.0. The van der Waals surface area contributed by atoms with Crippen molar-refractivity contribution in [1.29, 1.82) is 0 Å². The number of rotatable bonds is 5. The van der Waals surface area contributed by atoms with Crippen molar-refractivity contribution < 1.29 is 8.78 Å². The van der Waals surface area contributed by atoms with Gasteiger partial charge < -0.3 is 10.6 Å². The van der Waals surface area contributed by atoms with Gasteiger partial charge in [0, 0.05) is 12.1 Å². The molecule has 0 heterocycles. The van der Waals surface area contributed by atoms with Gasteiger partial charge >= 0.3 is 0 Å². The Bertz CT molecular complexity index is 597. The van der Waals surface area contributed by atoms with E-state index in [9.17, 15) is 8.78 Å². The van der Waals surface area contributed by atoms with Crippen molar-refractivity contribution in [2.45, 2.75) is 59.9 Å². The minimum atomic E-state index is -0.399. The number of hydrogen-bond donors (Lipinski definition) is 2. The van der Waals surface area contributed by atoms with E-state index in [2.05, 4.69) is 50.5 Å². The molecule has 0 saturated heterocycles. The predicted molar refractivity (Wildman–Crippen MR) is 120 cm³/mol. The Labute approximate surface area is 171 Å². The SMILES string of the molecule is CC.CC(C)(NCCc1cc(F)ccc1F)c1ccccc1.CCC.CNC. The van der Waals surface area contributed by atoms with Gasteiger partial charge in [-0.3, -0.25) is 0 Å². The minimum Gasteiger partial charge on any atom is -0.323 e. The molecule has 0 fully saturated rings. The first-order valence-corrected chi connectivity index (χ1v) is 10.1. The highest BCUT2D eigenvalue weighted by atomic mass is 19.1. The van der Waals surface area contributed by atoms with Gasteiger partial charge in [0.25, 0.3) is 0 Å². The van der Waals surface area contributed by atoms with Crippen LogP contribution < -0.4 is 10.6 Å². The molecule has 0 aromatic heterocycles. The Morgan fingerprint density at radius 3 is 1.89 bits per heavy atom. The molecule has 0 amide bonds. The Kier molecular flexibility index (Phi) is 17.6. The van der Waals surface area contributed by atoms with Crippen LogP contribution in [0.3, 0.4) is 0 Å². The van der Waals surface area contributed by atoms with E-state index < -0.39 is 5.82 Å². The third kappa shape index (κ3) is 12.6. The molecule has 2 aromatic rings. The fraction of sp³-hybridized carbons (Fsp3) is 0.500. The monoisotopic (exact) mass is 394 g/mol. The predicted octanol–water partition coefficient (Wildman–Crippen LogP) is 6.31. The molecule has 160 valence electrons. The average Bonchev–Trinajstić information content (AvgIpc) is 2.68. The summed E-state index contributed by atoms with van der Waals surface area (Å²) in [7, 11) is 3.75. The van der Waals surface area contributed by atoms with Crippen LogP contribution in [-0.2, 0) is 12.0 Å². The molecule has 0 saturated carbocycles. The number of hydrogen-bond acceptors (Lipinski definition) is 2. The lowest BCUT2D eigenvalue weighted by Gasteiger charge is -2.27. The van der Waals surface area contributed by atoms with Crippen molar-refractivity contribution in [2.24, 2.45) is 0 Å². The van der Waals surface area contributed by atoms with Crippen molar-refractivity contribution in [3.63, 3.8) is 0 Å². The van der Waals surface area contributed by atoms with Gasteiger partial charge in [0.15, 0.2) is 0 Å². The lowest BCUT2D eigenvalue weighted by molar-refractivity contribution is 0.405. The normalized spacial score (nSPS) is 9.79. The van der Waals surface area contributed by atoms with Gasteiger partial charge in [0.1, 0.15) is 11.6 Å². The van der Waals surface area contributed by atoms with Crippen LogP contribution in [0.4, 0.5) is 8.78 Å². The zero-order valence-electron chi connectivity index (χ0n) is 19.0. The van der Waals surface area contributed by atoms with E-state index in [1.807, 2.05) is 46.1 Å². The molecule has 0 spiro atoms. The smallest absolute Gasteiger partial charge is 0.126 e.